The van der Waals surface area contributed by atoms with Crippen molar-refractivity contribution in [2.24, 2.45) is 0 Å². The molecule has 1 heterocycles. The first-order chi connectivity index (χ1) is 10.9. The fourth-order valence-corrected chi connectivity index (χ4v) is 2.63. The predicted octanol–water partition coefficient (Wildman–Crippen LogP) is 3.42. The lowest BCUT2D eigenvalue weighted by Gasteiger charge is -2.09. The molecule has 0 amide bonds. The Kier molecular flexibility index (Phi) is 3.77. The van der Waals surface area contributed by atoms with Crippen molar-refractivity contribution < 1.29 is 23.1 Å². The summed E-state index contributed by atoms with van der Waals surface area (Å²) < 4.78 is 39.0. The van der Waals surface area contributed by atoms with Crippen molar-refractivity contribution in [1.29, 1.82) is 0 Å². The van der Waals surface area contributed by atoms with E-state index >= 15 is 0 Å². The highest BCUT2D eigenvalue weighted by Gasteiger charge is 2.34. The largest absolute Gasteiger partial charge is 0.418 e. The Morgan fingerprint density at radius 3 is 2.74 bits per heavy atom. The van der Waals surface area contributed by atoms with Gasteiger partial charge in [-0.05, 0) is 29.3 Å². The molecule has 0 spiro atoms. The van der Waals surface area contributed by atoms with E-state index in [1.54, 1.807) is 18.2 Å². The van der Waals surface area contributed by atoms with Crippen LogP contribution in [0, 0.1) is 0 Å². The second kappa shape index (κ2) is 5.62. The van der Waals surface area contributed by atoms with E-state index in [1.807, 2.05) is 0 Å². The van der Waals surface area contributed by atoms with Gasteiger partial charge in [0.15, 0.2) is 5.78 Å². The lowest BCUT2D eigenvalue weighted by molar-refractivity contribution is -0.138. The Balaban J connectivity index is 2.02. The Bertz CT molecular complexity index is 810. The third-order valence-corrected chi connectivity index (χ3v) is 3.72. The minimum Gasteiger partial charge on any atom is -0.392 e. The molecule has 0 bridgehead atoms. The fraction of sp³-hybridized carbons (Fsp3) is 0.176. The second-order valence-corrected chi connectivity index (χ2v) is 5.26. The summed E-state index contributed by atoms with van der Waals surface area (Å²) in [5.74, 6) is -0.303. The average molecular weight is 319 g/mol. The molecule has 0 saturated heterocycles. The summed E-state index contributed by atoms with van der Waals surface area (Å²) in [6.07, 6.45) is -1.84. The van der Waals surface area contributed by atoms with Gasteiger partial charge in [-0.15, -0.1) is 0 Å². The van der Waals surface area contributed by atoms with Gasteiger partial charge in [0.05, 0.1) is 17.9 Å². The van der Waals surface area contributed by atoms with Crippen molar-refractivity contribution in [3.05, 3.63) is 70.0 Å². The number of allylic oxidation sites excluding steroid dienone is 1. The van der Waals surface area contributed by atoms with E-state index < -0.39 is 11.7 Å². The number of ketones is 1. The van der Waals surface area contributed by atoms with E-state index in [1.165, 1.54) is 18.3 Å². The molecule has 3 nitrogen and oxygen atoms in total. The normalized spacial score (nSPS) is 16.0. The third-order valence-electron chi connectivity index (χ3n) is 3.72. The monoisotopic (exact) mass is 319 g/mol. The molecular weight excluding hydrogens is 307 g/mol. The number of aliphatic hydroxyl groups is 1. The first-order valence-electron chi connectivity index (χ1n) is 6.90. The summed E-state index contributed by atoms with van der Waals surface area (Å²) in [7, 11) is 0. The number of hydrogen-bond acceptors (Lipinski definition) is 3. The number of benzene rings is 1. The number of alkyl halides is 3. The van der Waals surface area contributed by atoms with E-state index in [2.05, 4.69) is 4.98 Å². The molecule has 23 heavy (non-hydrogen) atoms. The first-order valence-corrected chi connectivity index (χ1v) is 6.90. The number of aromatic nitrogens is 1. The maximum atomic E-state index is 13.0. The topological polar surface area (TPSA) is 50.2 Å². The number of halogens is 3. The molecule has 1 aliphatic rings. The molecule has 1 aliphatic carbocycles. The van der Waals surface area contributed by atoms with Crippen LogP contribution in [-0.2, 0) is 19.2 Å². The minimum absolute atomic E-state index is 0.154. The van der Waals surface area contributed by atoms with Crippen LogP contribution in [0.2, 0.25) is 0 Å². The zero-order valence-corrected chi connectivity index (χ0v) is 11.9. The molecule has 118 valence electrons. The molecular formula is C17H12F3NO2. The molecule has 0 atom stereocenters. The summed E-state index contributed by atoms with van der Waals surface area (Å²) in [6, 6.07) is 7.06. The highest BCUT2D eigenvalue weighted by atomic mass is 19.4. The van der Waals surface area contributed by atoms with Crippen molar-refractivity contribution in [3.63, 3.8) is 0 Å². The third kappa shape index (κ3) is 2.90. The smallest absolute Gasteiger partial charge is 0.392 e. The lowest BCUT2D eigenvalue weighted by atomic mass is 10.1. The van der Waals surface area contributed by atoms with Gasteiger partial charge in [-0.25, -0.2) is 0 Å². The van der Waals surface area contributed by atoms with Crippen LogP contribution in [-0.4, -0.2) is 15.9 Å². The molecule has 2 aromatic rings. The fourth-order valence-electron chi connectivity index (χ4n) is 2.63. The number of fused-ring (bicyclic) bond motifs is 1. The van der Waals surface area contributed by atoms with Gasteiger partial charge in [-0.1, -0.05) is 18.2 Å². The zero-order chi connectivity index (χ0) is 16.6. The number of Topliss-reactive ketones (excluding diaryl/α,β-unsaturated/α-hetero) is 1. The van der Waals surface area contributed by atoms with Gasteiger partial charge in [0, 0.05) is 23.8 Å². The van der Waals surface area contributed by atoms with Gasteiger partial charge in [0.25, 0.3) is 0 Å². The van der Waals surface area contributed by atoms with Crippen molar-refractivity contribution in [3.8, 4) is 0 Å². The lowest BCUT2D eigenvalue weighted by Crippen LogP contribution is -2.09. The summed E-state index contributed by atoms with van der Waals surface area (Å²) >= 11 is 0. The number of carbonyl (C=O) groups is 1. The van der Waals surface area contributed by atoms with Crippen molar-refractivity contribution >= 4 is 11.9 Å². The number of hydrogen-bond donors (Lipinski definition) is 1. The Labute approximate surface area is 130 Å². The molecule has 3 rings (SSSR count). The molecule has 1 aromatic heterocycles. The molecule has 0 fully saturated rings. The highest BCUT2D eigenvalue weighted by molar-refractivity contribution is 6.15. The van der Waals surface area contributed by atoms with Gasteiger partial charge in [-0.3, -0.25) is 9.78 Å². The maximum Gasteiger partial charge on any atom is 0.418 e. The Morgan fingerprint density at radius 1 is 1.26 bits per heavy atom. The average Bonchev–Trinajstić information content (AvgIpc) is 2.82. The van der Waals surface area contributed by atoms with E-state index in [4.69, 9.17) is 5.11 Å². The quantitative estimate of drug-likeness (QED) is 0.863. The number of rotatable bonds is 2. The summed E-state index contributed by atoms with van der Waals surface area (Å²) in [6.45, 7) is -0.154. The second-order valence-electron chi connectivity index (χ2n) is 5.26. The van der Waals surface area contributed by atoms with Crippen molar-refractivity contribution in [1.82, 2.24) is 4.98 Å². The Morgan fingerprint density at radius 2 is 2.04 bits per heavy atom. The van der Waals surface area contributed by atoms with Crippen LogP contribution in [0.1, 0.15) is 32.7 Å². The Hall–Kier alpha value is -2.47. The van der Waals surface area contributed by atoms with Crippen LogP contribution in [0.5, 0.6) is 0 Å². The van der Waals surface area contributed by atoms with E-state index in [0.29, 0.717) is 16.7 Å². The van der Waals surface area contributed by atoms with Gasteiger partial charge in [0.2, 0.25) is 0 Å². The molecule has 0 unspecified atom stereocenters. The van der Waals surface area contributed by atoms with Crippen LogP contribution in [0.3, 0.4) is 0 Å². The van der Waals surface area contributed by atoms with Crippen molar-refractivity contribution in [2.45, 2.75) is 19.2 Å². The maximum absolute atomic E-state index is 13.0. The molecule has 0 aliphatic heterocycles. The van der Waals surface area contributed by atoms with E-state index in [9.17, 15) is 18.0 Å². The minimum atomic E-state index is -4.53. The van der Waals surface area contributed by atoms with Crippen LogP contribution in [0.25, 0.3) is 6.08 Å². The predicted molar refractivity (Wildman–Crippen MR) is 77.6 cm³/mol. The number of carbonyl (C=O) groups excluding carboxylic acids is 1. The summed E-state index contributed by atoms with van der Waals surface area (Å²) in [5.41, 5.74) is 0.951. The van der Waals surface area contributed by atoms with Crippen LogP contribution in [0.4, 0.5) is 13.2 Å². The summed E-state index contributed by atoms with van der Waals surface area (Å²) in [5, 5.41) is 9.13. The first kappa shape index (κ1) is 15.4. The van der Waals surface area contributed by atoms with Gasteiger partial charge in [0.1, 0.15) is 0 Å². The molecule has 1 N–H and O–H groups in total. The number of pyridine rings is 1. The van der Waals surface area contributed by atoms with Crippen LogP contribution >= 0.6 is 0 Å². The number of aliphatic hydroxyl groups excluding tert-OH is 1. The SMILES string of the molecule is O=C1/C(=C/c2ncccc2C(F)(F)F)Cc2cc(CO)ccc21. The standard InChI is InChI=1S/C17H12F3NO2/c18-17(19,20)14-2-1-5-21-15(14)8-12-7-11-6-10(9-22)3-4-13(11)16(12)23/h1-6,8,22H,7,9H2/b12-8+. The van der Waals surface area contributed by atoms with Crippen LogP contribution in [0.15, 0.2) is 42.1 Å². The van der Waals surface area contributed by atoms with Gasteiger partial charge >= 0.3 is 6.18 Å². The zero-order valence-electron chi connectivity index (χ0n) is 11.9. The van der Waals surface area contributed by atoms with Gasteiger partial charge in [-0.2, -0.15) is 13.2 Å². The molecule has 1 aromatic carbocycles. The summed E-state index contributed by atoms with van der Waals surface area (Å²) in [4.78, 5) is 16.1. The highest BCUT2D eigenvalue weighted by Crippen LogP contribution is 2.34. The van der Waals surface area contributed by atoms with Crippen LogP contribution < -0.4 is 0 Å². The number of nitrogens with zero attached hydrogens (tertiary/aromatic N) is 1. The van der Waals surface area contributed by atoms with Crippen molar-refractivity contribution in [2.75, 3.05) is 0 Å². The van der Waals surface area contributed by atoms with E-state index in [0.717, 1.165) is 6.07 Å². The van der Waals surface area contributed by atoms with E-state index in [-0.39, 0.29) is 30.1 Å². The molecule has 0 saturated carbocycles. The van der Waals surface area contributed by atoms with Gasteiger partial charge < -0.3 is 5.11 Å². The molecule has 0 radical (unpaired) electrons. The molecule has 6 heteroatoms.